The quantitative estimate of drug-likeness (QED) is 0.636. The third kappa shape index (κ3) is 4.40. The highest BCUT2D eigenvalue weighted by Crippen LogP contribution is 2.34. The fraction of sp³-hybridized carbons (Fsp3) is 0.250. The van der Waals surface area contributed by atoms with E-state index in [1.807, 2.05) is 30.3 Å². The van der Waals surface area contributed by atoms with Crippen LogP contribution in [0.3, 0.4) is 0 Å². The van der Waals surface area contributed by atoms with Crippen molar-refractivity contribution in [2.45, 2.75) is 6.54 Å². The molecule has 0 bridgehead atoms. The zero-order valence-electron chi connectivity index (χ0n) is 16.5. The minimum Gasteiger partial charge on any atom is -0.493 e. The molecule has 1 heterocycles. The van der Waals surface area contributed by atoms with E-state index in [2.05, 4.69) is 15.7 Å². The fourth-order valence-corrected chi connectivity index (χ4v) is 2.90. The second kappa shape index (κ2) is 8.96. The van der Waals surface area contributed by atoms with Gasteiger partial charge >= 0.3 is 11.7 Å². The molecule has 0 saturated carbocycles. The van der Waals surface area contributed by atoms with Crippen LogP contribution in [0.15, 0.2) is 53.3 Å². The van der Waals surface area contributed by atoms with E-state index in [9.17, 15) is 9.59 Å². The van der Waals surface area contributed by atoms with Crippen LogP contribution in [0.4, 0.5) is 10.5 Å². The third-order valence-electron chi connectivity index (χ3n) is 4.33. The first-order valence-electron chi connectivity index (χ1n) is 9.00. The maximum absolute atomic E-state index is 12.4. The van der Waals surface area contributed by atoms with Gasteiger partial charge < -0.3 is 20.1 Å². The van der Waals surface area contributed by atoms with Gasteiger partial charge in [0.25, 0.3) is 0 Å². The Balaban J connectivity index is 1.62. The number of nitrogens with zero attached hydrogens (tertiary/aromatic N) is 3. The zero-order chi connectivity index (χ0) is 20.8. The number of rotatable bonds is 7. The summed E-state index contributed by atoms with van der Waals surface area (Å²) < 4.78 is 13.3. The molecule has 0 aliphatic heterocycles. The Bertz CT molecular complexity index is 1040. The van der Waals surface area contributed by atoms with Crippen molar-refractivity contribution in [2.75, 3.05) is 26.1 Å². The van der Waals surface area contributed by atoms with E-state index < -0.39 is 6.03 Å². The van der Waals surface area contributed by atoms with Gasteiger partial charge in [-0.15, -0.1) is 5.10 Å². The lowest BCUT2D eigenvalue weighted by atomic mass is 10.2. The van der Waals surface area contributed by atoms with Gasteiger partial charge in [0, 0.05) is 19.2 Å². The summed E-state index contributed by atoms with van der Waals surface area (Å²) in [5.41, 5.74) is 1.08. The molecule has 0 aliphatic rings. The van der Waals surface area contributed by atoms with E-state index in [0.717, 1.165) is 5.56 Å². The van der Waals surface area contributed by atoms with Crippen molar-refractivity contribution in [1.29, 1.82) is 0 Å². The predicted octanol–water partition coefficient (Wildman–Crippen LogP) is 2.09. The number of benzene rings is 2. The Morgan fingerprint density at radius 3 is 2.52 bits per heavy atom. The molecule has 0 aliphatic carbocycles. The first-order valence-corrected chi connectivity index (χ1v) is 9.00. The zero-order valence-corrected chi connectivity index (χ0v) is 16.5. The molecule has 3 rings (SSSR count). The predicted molar refractivity (Wildman–Crippen MR) is 109 cm³/mol. The average Bonchev–Trinajstić information content (AvgIpc) is 3.02. The highest BCUT2D eigenvalue weighted by atomic mass is 16.5. The van der Waals surface area contributed by atoms with E-state index in [0.29, 0.717) is 23.0 Å². The lowest BCUT2D eigenvalue weighted by Crippen LogP contribution is -2.34. The molecule has 1 aromatic heterocycles. The smallest absolute Gasteiger partial charge is 0.345 e. The number of aromatic nitrogens is 3. The van der Waals surface area contributed by atoms with Crippen LogP contribution in [0.5, 0.6) is 11.5 Å². The Morgan fingerprint density at radius 2 is 1.83 bits per heavy atom. The highest BCUT2D eigenvalue weighted by molar-refractivity contribution is 5.91. The molecule has 0 fully saturated rings. The molecule has 9 nitrogen and oxygen atoms in total. The van der Waals surface area contributed by atoms with Crippen molar-refractivity contribution in [3.8, 4) is 22.9 Å². The Labute approximate surface area is 167 Å². The van der Waals surface area contributed by atoms with Crippen molar-refractivity contribution in [3.63, 3.8) is 0 Å². The number of methoxy groups -OCH3 is 2. The number of carbonyl (C=O) groups is 1. The Kier molecular flexibility index (Phi) is 6.18. The van der Waals surface area contributed by atoms with Crippen LogP contribution >= 0.6 is 0 Å². The number of nitrogens with one attached hydrogen (secondary N) is 2. The normalized spacial score (nSPS) is 10.4. The molecule has 152 valence electrons. The third-order valence-corrected chi connectivity index (χ3v) is 4.33. The molecule has 0 spiro atoms. The molecule has 2 amide bonds. The summed E-state index contributed by atoms with van der Waals surface area (Å²) in [6.45, 7) is 0.464. The van der Waals surface area contributed by atoms with Gasteiger partial charge in [0.2, 0.25) is 0 Å². The number of para-hydroxylation sites is 1. The van der Waals surface area contributed by atoms with Crippen LogP contribution in [0.1, 0.15) is 0 Å². The van der Waals surface area contributed by atoms with E-state index in [-0.39, 0.29) is 18.8 Å². The summed E-state index contributed by atoms with van der Waals surface area (Å²) in [7, 11) is 4.69. The monoisotopic (exact) mass is 397 g/mol. The first-order chi connectivity index (χ1) is 14.0. The SMILES string of the molecule is COc1cccc(NC(=O)NCCn2nc(-c3ccccc3)n(C)c2=O)c1OC. The van der Waals surface area contributed by atoms with E-state index in [1.54, 1.807) is 25.2 Å². The van der Waals surface area contributed by atoms with Gasteiger partial charge in [0.15, 0.2) is 17.3 Å². The standard InChI is InChI=1S/C20H23N5O4/c1-24-18(14-8-5-4-6-9-14)23-25(20(24)27)13-12-21-19(26)22-15-10-7-11-16(28-2)17(15)29-3/h4-11H,12-13H2,1-3H3,(H2,21,22,26). The molecular formula is C20H23N5O4. The van der Waals surface area contributed by atoms with Crippen molar-refractivity contribution < 1.29 is 14.3 Å². The lowest BCUT2D eigenvalue weighted by molar-refractivity contribution is 0.251. The summed E-state index contributed by atoms with van der Waals surface area (Å²) in [6, 6.07) is 14.2. The van der Waals surface area contributed by atoms with Crippen molar-refractivity contribution in [1.82, 2.24) is 19.7 Å². The van der Waals surface area contributed by atoms with E-state index >= 15 is 0 Å². The van der Waals surface area contributed by atoms with Gasteiger partial charge in [-0.25, -0.2) is 14.3 Å². The second-order valence-electron chi connectivity index (χ2n) is 6.18. The van der Waals surface area contributed by atoms with Gasteiger partial charge in [-0.05, 0) is 12.1 Å². The molecule has 0 saturated heterocycles. The van der Waals surface area contributed by atoms with E-state index in [1.165, 1.54) is 23.5 Å². The van der Waals surface area contributed by atoms with Crippen molar-refractivity contribution in [2.24, 2.45) is 7.05 Å². The van der Waals surface area contributed by atoms with Crippen molar-refractivity contribution in [3.05, 3.63) is 59.0 Å². The molecule has 2 aromatic carbocycles. The summed E-state index contributed by atoms with van der Waals surface area (Å²) in [5, 5.41) is 9.79. The lowest BCUT2D eigenvalue weighted by Gasteiger charge is -2.13. The molecular weight excluding hydrogens is 374 g/mol. The van der Waals surface area contributed by atoms with Crippen LogP contribution in [0.25, 0.3) is 11.4 Å². The van der Waals surface area contributed by atoms with Crippen LogP contribution in [0, 0.1) is 0 Å². The minimum atomic E-state index is -0.427. The first kappa shape index (κ1) is 20.0. The molecule has 0 radical (unpaired) electrons. The van der Waals surface area contributed by atoms with E-state index in [4.69, 9.17) is 9.47 Å². The second-order valence-corrected chi connectivity index (χ2v) is 6.18. The molecule has 9 heteroatoms. The molecule has 29 heavy (non-hydrogen) atoms. The number of hydrogen-bond donors (Lipinski definition) is 2. The topological polar surface area (TPSA) is 99.4 Å². The van der Waals surface area contributed by atoms with Crippen LogP contribution < -0.4 is 25.8 Å². The molecule has 2 N–H and O–H groups in total. The number of anilines is 1. The number of ether oxygens (including phenoxy) is 2. The summed E-state index contributed by atoms with van der Waals surface area (Å²) in [4.78, 5) is 24.6. The maximum Gasteiger partial charge on any atom is 0.345 e. The fourth-order valence-electron chi connectivity index (χ4n) is 2.90. The summed E-state index contributed by atoms with van der Waals surface area (Å²) in [6.07, 6.45) is 0. The largest absolute Gasteiger partial charge is 0.493 e. The maximum atomic E-state index is 12.4. The molecule has 3 aromatic rings. The van der Waals surface area contributed by atoms with Crippen molar-refractivity contribution >= 4 is 11.7 Å². The number of carbonyl (C=O) groups excluding carboxylic acids is 1. The van der Waals surface area contributed by atoms with Crippen LogP contribution in [-0.2, 0) is 13.6 Å². The Morgan fingerprint density at radius 1 is 1.07 bits per heavy atom. The summed E-state index contributed by atoms with van der Waals surface area (Å²) in [5.74, 6) is 1.51. The number of amides is 2. The Hall–Kier alpha value is -3.75. The molecule has 0 atom stereocenters. The van der Waals surface area contributed by atoms with Gasteiger partial charge in [-0.1, -0.05) is 36.4 Å². The highest BCUT2D eigenvalue weighted by Gasteiger charge is 2.14. The minimum absolute atomic E-state index is 0.225. The van der Waals surface area contributed by atoms with Gasteiger partial charge in [0.05, 0.1) is 26.5 Å². The van der Waals surface area contributed by atoms with Crippen LogP contribution in [-0.4, -0.2) is 41.1 Å². The van der Waals surface area contributed by atoms with Gasteiger partial charge in [-0.3, -0.25) is 4.57 Å². The number of urea groups is 1. The average molecular weight is 397 g/mol. The van der Waals surface area contributed by atoms with Gasteiger partial charge in [-0.2, -0.15) is 0 Å². The van der Waals surface area contributed by atoms with Crippen LogP contribution in [0.2, 0.25) is 0 Å². The number of hydrogen-bond acceptors (Lipinski definition) is 5. The van der Waals surface area contributed by atoms with Gasteiger partial charge in [0.1, 0.15) is 0 Å². The molecule has 0 unspecified atom stereocenters. The summed E-state index contributed by atoms with van der Waals surface area (Å²) >= 11 is 0.